The van der Waals surface area contributed by atoms with Crippen LogP contribution in [0.2, 0.25) is 5.02 Å². The molecule has 2 aliphatic heterocycles. The Labute approximate surface area is 225 Å². The molecule has 2 amide bonds. The van der Waals surface area contributed by atoms with Gasteiger partial charge in [-0.1, -0.05) is 23.7 Å². The molecule has 3 heterocycles. The first-order valence-electron chi connectivity index (χ1n) is 12.6. The molecule has 0 saturated carbocycles. The van der Waals surface area contributed by atoms with E-state index < -0.39 is 0 Å². The third kappa shape index (κ3) is 5.28. The van der Waals surface area contributed by atoms with Gasteiger partial charge in [-0.05, 0) is 54.2 Å². The van der Waals surface area contributed by atoms with E-state index in [9.17, 15) is 14.4 Å². The molecule has 0 atom stereocenters. The number of hydrogen-bond donors (Lipinski definition) is 0. The Morgan fingerprint density at radius 3 is 2.61 bits per heavy atom. The van der Waals surface area contributed by atoms with E-state index >= 15 is 0 Å². The van der Waals surface area contributed by atoms with Crippen LogP contribution in [0.5, 0.6) is 0 Å². The highest BCUT2D eigenvalue weighted by molar-refractivity contribution is 6.31. The molecule has 38 heavy (non-hydrogen) atoms. The maximum absolute atomic E-state index is 13.3. The lowest BCUT2D eigenvalue weighted by molar-refractivity contribution is -0.150. The van der Waals surface area contributed by atoms with Crippen LogP contribution >= 0.6 is 11.6 Å². The lowest BCUT2D eigenvalue weighted by Gasteiger charge is -2.36. The Kier molecular flexibility index (Phi) is 7.45. The monoisotopic (exact) mass is 533 g/mol. The van der Waals surface area contributed by atoms with Crippen molar-refractivity contribution < 1.29 is 14.3 Å². The first-order valence-corrected chi connectivity index (χ1v) is 13.0. The van der Waals surface area contributed by atoms with E-state index in [4.69, 9.17) is 21.6 Å². The van der Waals surface area contributed by atoms with Crippen molar-refractivity contribution in [1.29, 1.82) is 5.26 Å². The van der Waals surface area contributed by atoms with Crippen molar-refractivity contribution in [1.82, 2.24) is 19.4 Å². The Morgan fingerprint density at radius 1 is 1.18 bits per heavy atom. The van der Waals surface area contributed by atoms with Crippen molar-refractivity contribution in [2.75, 3.05) is 33.4 Å². The zero-order valence-electron chi connectivity index (χ0n) is 21.1. The lowest BCUT2D eigenvalue weighted by Crippen LogP contribution is -2.47. The second kappa shape index (κ2) is 10.9. The van der Waals surface area contributed by atoms with Crippen molar-refractivity contribution in [3.05, 3.63) is 74.8 Å². The molecule has 10 heteroatoms. The van der Waals surface area contributed by atoms with Crippen LogP contribution < -0.4 is 5.56 Å². The third-order valence-corrected chi connectivity index (χ3v) is 7.73. The molecule has 0 bridgehead atoms. The Bertz CT molecular complexity index is 1480. The number of carbonyl (C=O) groups is 2. The van der Waals surface area contributed by atoms with Gasteiger partial charge in [-0.2, -0.15) is 5.26 Å². The zero-order valence-corrected chi connectivity index (χ0v) is 21.9. The van der Waals surface area contributed by atoms with E-state index in [0.717, 1.165) is 24.0 Å². The van der Waals surface area contributed by atoms with E-state index in [0.29, 0.717) is 54.3 Å². The molecule has 0 spiro atoms. The van der Waals surface area contributed by atoms with Gasteiger partial charge in [-0.15, -0.1) is 0 Å². The summed E-state index contributed by atoms with van der Waals surface area (Å²) in [5.41, 5.74) is 2.53. The summed E-state index contributed by atoms with van der Waals surface area (Å²) in [6.07, 6.45) is 3.08. The predicted molar refractivity (Wildman–Crippen MR) is 142 cm³/mol. The first-order chi connectivity index (χ1) is 18.3. The normalized spacial score (nSPS) is 16.2. The SMILES string of the molecule is CN(Cc1ccc(C#N)c(Cl)c1)C(=O)Cn1cnc2ccc(C3CCN(C(=O)C4COC4)CC3)cc2c1=O. The average molecular weight is 534 g/mol. The van der Waals surface area contributed by atoms with Crippen molar-refractivity contribution in [3.8, 4) is 6.07 Å². The van der Waals surface area contributed by atoms with Gasteiger partial charge in [0.1, 0.15) is 12.6 Å². The number of carbonyl (C=O) groups excluding carboxylic acids is 2. The van der Waals surface area contributed by atoms with Gasteiger partial charge in [0.25, 0.3) is 5.56 Å². The Hall–Kier alpha value is -3.74. The molecule has 2 aliphatic rings. The topological polar surface area (TPSA) is 109 Å². The zero-order chi connectivity index (χ0) is 26.8. The van der Waals surface area contributed by atoms with Gasteiger partial charge in [-0.3, -0.25) is 19.0 Å². The molecule has 1 aromatic heterocycles. The van der Waals surface area contributed by atoms with Crippen LogP contribution in [0.4, 0.5) is 0 Å². The smallest absolute Gasteiger partial charge is 0.261 e. The van der Waals surface area contributed by atoms with Gasteiger partial charge in [0.05, 0.1) is 46.9 Å². The van der Waals surface area contributed by atoms with Crippen molar-refractivity contribution >= 4 is 34.3 Å². The average Bonchev–Trinajstić information content (AvgIpc) is 2.89. The molecule has 0 unspecified atom stereocenters. The van der Waals surface area contributed by atoms with Gasteiger partial charge in [0.15, 0.2) is 0 Å². The highest BCUT2D eigenvalue weighted by atomic mass is 35.5. The molecule has 2 aromatic carbocycles. The van der Waals surface area contributed by atoms with Crippen LogP contribution in [0.1, 0.15) is 35.4 Å². The van der Waals surface area contributed by atoms with Crippen LogP contribution in [0, 0.1) is 17.2 Å². The number of likely N-dealkylation sites (tertiary alicyclic amines) is 1. The molecule has 196 valence electrons. The second-order valence-corrected chi connectivity index (χ2v) is 10.4. The third-order valence-electron chi connectivity index (χ3n) is 7.42. The first kappa shape index (κ1) is 25.9. The number of hydrogen-bond acceptors (Lipinski definition) is 6. The minimum absolute atomic E-state index is 0.000397. The van der Waals surface area contributed by atoms with E-state index in [1.54, 1.807) is 25.2 Å². The van der Waals surface area contributed by atoms with Gasteiger partial charge < -0.3 is 14.5 Å². The fourth-order valence-electron chi connectivity index (χ4n) is 4.99. The summed E-state index contributed by atoms with van der Waals surface area (Å²) < 4.78 is 6.48. The molecular formula is C28H28ClN5O4. The van der Waals surface area contributed by atoms with Gasteiger partial charge >= 0.3 is 0 Å². The molecular weight excluding hydrogens is 506 g/mol. The molecule has 3 aromatic rings. The molecule has 9 nitrogen and oxygen atoms in total. The number of piperidine rings is 1. The van der Waals surface area contributed by atoms with Crippen LogP contribution in [-0.2, 0) is 27.4 Å². The van der Waals surface area contributed by atoms with E-state index in [1.807, 2.05) is 29.2 Å². The van der Waals surface area contributed by atoms with Gasteiger partial charge in [0, 0.05) is 26.7 Å². The summed E-state index contributed by atoms with van der Waals surface area (Å²) in [4.78, 5) is 46.5. The predicted octanol–water partition coefficient (Wildman–Crippen LogP) is 2.93. The highest BCUT2D eigenvalue weighted by Gasteiger charge is 2.33. The summed E-state index contributed by atoms with van der Waals surface area (Å²) in [6, 6.07) is 12.8. The molecule has 0 radical (unpaired) electrons. The number of benzene rings is 2. The van der Waals surface area contributed by atoms with Crippen molar-refractivity contribution in [2.45, 2.75) is 31.8 Å². The minimum atomic E-state index is -0.266. The molecule has 0 N–H and O–H groups in total. The number of nitrogens with zero attached hydrogens (tertiary/aromatic N) is 5. The number of aromatic nitrogens is 2. The summed E-state index contributed by atoms with van der Waals surface area (Å²) in [7, 11) is 1.65. The number of nitriles is 1. The largest absolute Gasteiger partial charge is 0.380 e. The van der Waals surface area contributed by atoms with Crippen LogP contribution in [0.3, 0.4) is 0 Å². The van der Waals surface area contributed by atoms with Crippen LogP contribution in [0.25, 0.3) is 10.9 Å². The molecule has 2 saturated heterocycles. The van der Waals surface area contributed by atoms with Gasteiger partial charge in [0.2, 0.25) is 11.8 Å². The van der Waals surface area contributed by atoms with E-state index in [-0.39, 0.29) is 35.8 Å². The lowest BCUT2D eigenvalue weighted by atomic mass is 9.88. The number of ether oxygens (including phenoxy) is 1. The standard InChI is InChI=1S/C28H28ClN5O4/c1-32(13-18-2-3-21(12-30)24(29)10-18)26(35)14-34-17-31-25-5-4-20(11-23(25)28(34)37)19-6-8-33(9-7-19)27(36)22-15-38-16-22/h2-5,10-11,17,19,22H,6-9,13-16H2,1H3. The Morgan fingerprint density at radius 2 is 1.95 bits per heavy atom. The maximum atomic E-state index is 13.3. The van der Waals surface area contributed by atoms with Crippen LogP contribution in [0.15, 0.2) is 47.5 Å². The number of likely N-dealkylation sites (N-methyl/N-ethyl adjacent to an activating group) is 1. The maximum Gasteiger partial charge on any atom is 0.261 e. The summed E-state index contributed by atoms with van der Waals surface area (Å²) in [5.74, 6) is 0.178. The highest BCUT2D eigenvalue weighted by Crippen LogP contribution is 2.30. The molecule has 2 fully saturated rings. The second-order valence-electron chi connectivity index (χ2n) is 9.96. The quantitative estimate of drug-likeness (QED) is 0.482. The van der Waals surface area contributed by atoms with Crippen LogP contribution in [-0.4, -0.2) is 64.5 Å². The van der Waals surface area contributed by atoms with Gasteiger partial charge in [-0.25, -0.2) is 4.98 Å². The summed E-state index contributed by atoms with van der Waals surface area (Å²) in [6.45, 7) is 2.58. The fraction of sp³-hybridized carbons (Fsp3) is 0.393. The number of fused-ring (bicyclic) bond motifs is 1. The van der Waals surface area contributed by atoms with Crippen molar-refractivity contribution in [3.63, 3.8) is 0 Å². The Balaban J connectivity index is 1.26. The van der Waals surface area contributed by atoms with E-state index in [1.165, 1.54) is 15.8 Å². The minimum Gasteiger partial charge on any atom is -0.380 e. The molecule has 0 aliphatic carbocycles. The fourth-order valence-corrected chi connectivity index (χ4v) is 5.23. The number of rotatable bonds is 6. The van der Waals surface area contributed by atoms with Crippen molar-refractivity contribution in [2.24, 2.45) is 5.92 Å². The van der Waals surface area contributed by atoms with E-state index in [2.05, 4.69) is 4.98 Å². The number of halogens is 1. The molecule has 5 rings (SSSR count). The summed E-state index contributed by atoms with van der Waals surface area (Å²) in [5, 5.41) is 9.85. The number of amides is 2. The summed E-state index contributed by atoms with van der Waals surface area (Å²) >= 11 is 6.11.